The number of nitrogens with one attached hydrogen (secondary N) is 1. The third-order valence-electron chi connectivity index (χ3n) is 1.55. The van der Waals surface area contributed by atoms with Gasteiger partial charge in [-0.1, -0.05) is 0 Å². The largest absolute Gasteiger partial charge is 0.479 e. The smallest absolute Gasteiger partial charge is 0.334 e. The molecular formula is C6H11NO3. The average Bonchev–Trinajstić information content (AvgIpc) is 1.88. The van der Waals surface area contributed by atoms with Crippen molar-refractivity contribution in [3.05, 3.63) is 0 Å². The molecule has 4 nitrogen and oxygen atoms in total. The van der Waals surface area contributed by atoms with E-state index < -0.39 is 12.1 Å². The SMILES string of the molecule is CC1CCC(C(=O)O)ON1. The predicted molar refractivity (Wildman–Crippen MR) is 34.3 cm³/mol. The quantitative estimate of drug-likeness (QED) is 0.551. The van der Waals surface area contributed by atoms with Crippen LogP contribution in [0.1, 0.15) is 19.8 Å². The minimum atomic E-state index is -0.889. The summed E-state index contributed by atoms with van der Waals surface area (Å²) >= 11 is 0. The van der Waals surface area contributed by atoms with Crippen LogP contribution >= 0.6 is 0 Å². The lowest BCUT2D eigenvalue weighted by atomic mass is 10.1. The van der Waals surface area contributed by atoms with E-state index in [1.54, 1.807) is 0 Å². The number of hydroxylamine groups is 1. The van der Waals surface area contributed by atoms with E-state index in [1.807, 2.05) is 6.92 Å². The summed E-state index contributed by atoms with van der Waals surface area (Å²) in [6.45, 7) is 1.96. The van der Waals surface area contributed by atoms with Crippen molar-refractivity contribution >= 4 is 5.97 Å². The summed E-state index contributed by atoms with van der Waals surface area (Å²) in [6, 6.07) is 0.274. The van der Waals surface area contributed by atoms with E-state index in [2.05, 4.69) is 5.48 Å². The van der Waals surface area contributed by atoms with Crippen LogP contribution < -0.4 is 5.48 Å². The van der Waals surface area contributed by atoms with Gasteiger partial charge in [-0.3, -0.25) is 4.84 Å². The summed E-state index contributed by atoms with van der Waals surface area (Å²) in [5.41, 5.74) is 2.63. The molecule has 4 heteroatoms. The Morgan fingerprint density at radius 2 is 2.40 bits per heavy atom. The highest BCUT2D eigenvalue weighted by Crippen LogP contribution is 2.10. The standard InChI is InChI=1S/C6H11NO3/c1-4-2-3-5(6(8)9)10-7-4/h4-5,7H,2-3H2,1H3,(H,8,9). The summed E-state index contributed by atoms with van der Waals surface area (Å²) in [5.74, 6) is -0.889. The van der Waals surface area contributed by atoms with Crippen molar-refractivity contribution in [2.45, 2.75) is 31.9 Å². The first-order valence-corrected chi connectivity index (χ1v) is 3.34. The van der Waals surface area contributed by atoms with Crippen LogP contribution in [0.15, 0.2) is 0 Å². The van der Waals surface area contributed by atoms with Gasteiger partial charge < -0.3 is 5.11 Å². The van der Waals surface area contributed by atoms with Crippen LogP contribution in [-0.4, -0.2) is 23.2 Å². The number of carbonyl (C=O) groups is 1. The maximum Gasteiger partial charge on any atom is 0.334 e. The Bertz CT molecular complexity index is 129. The van der Waals surface area contributed by atoms with Crippen molar-refractivity contribution in [3.63, 3.8) is 0 Å². The van der Waals surface area contributed by atoms with Crippen molar-refractivity contribution in [3.8, 4) is 0 Å². The topological polar surface area (TPSA) is 58.6 Å². The Balaban J connectivity index is 2.33. The van der Waals surface area contributed by atoms with Gasteiger partial charge in [0.15, 0.2) is 6.10 Å². The zero-order valence-corrected chi connectivity index (χ0v) is 5.83. The number of hydrogen-bond acceptors (Lipinski definition) is 3. The van der Waals surface area contributed by atoms with Crippen LogP contribution in [0, 0.1) is 0 Å². The van der Waals surface area contributed by atoms with Gasteiger partial charge in [0.25, 0.3) is 0 Å². The third-order valence-corrected chi connectivity index (χ3v) is 1.55. The molecule has 0 bridgehead atoms. The van der Waals surface area contributed by atoms with Crippen molar-refractivity contribution < 1.29 is 14.7 Å². The lowest BCUT2D eigenvalue weighted by molar-refractivity contribution is -0.163. The molecule has 1 aliphatic rings. The molecule has 1 fully saturated rings. The molecule has 0 spiro atoms. The maximum atomic E-state index is 10.3. The second kappa shape index (κ2) is 2.98. The van der Waals surface area contributed by atoms with Crippen molar-refractivity contribution in [2.75, 3.05) is 0 Å². The zero-order valence-electron chi connectivity index (χ0n) is 5.83. The van der Waals surface area contributed by atoms with Gasteiger partial charge in [0.2, 0.25) is 0 Å². The Morgan fingerprint density at radius 1 is 1.70 bits per heavy atom. The van der Waals surface area contributed by atoms with Crippen molar-refractivity contribution in [1.29, 1.82) is 0 Å². The average molecular weight is 145 g/mol. The number of aliphatic carboxylic acids is 1. The minimum absolute atomic E-state index is 0.274. The molecule has 0 saturated carbocycles. The van der Waals surface area contributed by atoms with E-state index in [-0.39, 0.29) is 6.04 Å². The summed E-state index contributed by atoms with van der Waals surface area (Å²) in [7, 11) is 0. The van der Waals surface area contributed by atoms with Gasteiger partial charge in [0, 0.05) is 6.04 Å². The number of hydrogen-bond donors (Lipinski definition) is 2. The van der Waals surface area contributed by atoms with E-state index in [1.165, 1.54) is 0 Å². The summed E-state index contributed by atoms with van der Waals surface area (Å²) in [5, 5.41) is 8.46. The first-order chi connectivity index (χ1) is 4.70. The number of carboxylic acid groups (broad SMARTS) is 1. The molecule has 2 unspecified atom stereocenters. The maximum absolute atomic E-state index is 10.3. The molecule has 1 aliphatic heterocycles. The van der Waals surface area contributed by atoms with E-state index in [0.717, 1.165) is 6.42 Å². The lowest BCUT2D eigenvalue weighted by Crippen LogP contribution is -2.41. The number of carboxylic acids is 1. The molecule has 58 valence electrons. The van der Waals surface area contributed by atoms with Gasteiger partial charge in [-0.15, -0.1) is 0 Å². The van der Waals surface area contributed by atoms with Gasteiger partial charge in [-0.05, 0) is 19.8 Å². The van der Waals surface area contributed by atoms with Crippen molar-refractivity contribution in [2.24, 2.45) is 0 Å². The van der Waals surface area contributed by atoms with Gasteiger partial charge >= 0.3 is 5.97 Å². The summed E-state index contributed by atoms with van der Waals surface area (Å²) < 4.78 is 0. The van der Waals surface area contributed by atoms with E-state index in [9.17, 15) is 4.79 Å². The Kier molecular flexibility index (Phi) is 2.24. The molecule has 0 aromatic carbocycles. The highest BCUT2D eigenvalue weighted by atomic mass is 16.7. The molecule has 10 heavy (non-hydrogen) atoms. The fourth-order valence-electron chi connectivity index (χ4n) is 0.891. The normalized spacial score (nSPS) is 33.7. The zero-order chi connectivity index (χ0) is 7.56. The minimum Gasteiger partial charge on any atom is -0.479 e. The van der Waals surface area contributed by atoms with Crippen LogP contribution in [0.4, 0.5) is 0 Å². The summed E-state index contributed by atoms with van der Waals surface area (Å²) in [4.78, 5) is 15.1. The van der Waals surface area contributed by atoms with Crippen LogP contribution in [0.2, 0.25) is 0 Å². The molecule has 2 N–H and O–H groups in total. The van der Waals surface area contributed by atoms with Gasteiger partial charge in [-0.25, -0.2) is 4.79 Å². The highest BCUT2D eigenvalue weighted by Gasteiger charge is 2.24. The molecule has 1 heterocycles. The Morgan fingerprint density at radius 3 is 2.80 bits per heavy atom. The van der Waals surface area contributed by atoms with Crippen LogP contribution in [0.25, 0.3) is 0 Å². The monoisotopic (exact) mass is 145 g/mol. The predicted octanol–water partition coefficient (Wildman–Crippen LogP) is 0.143. The molecule has 0 aliphatic carbocycles. The first kappa shape index (κ1) is 7.50. The van der Waals surface area contributed by atoms with Crippen LogP contribution in [0.5, 0.6) is 0 Å². The van der Waals surface area contributed by atoms with Gasteiger partial charge in [0.1, 0.15) is 0 Å². The molecule has 0 aromatic rings. The third kappa shape index (κ3) is 1.68. The molecular weight excluding hydrogens is 134 g/mol. The molecule has 0 radical (unpaired) electrons. The second-order valence-electron chi connectivity index (χ2n) is 2.54. The van der Waals surface area contributed by atoms with Crippen LogP contribution in [0.3, 0.4) is 0 Å². The molecule has 0 aromatic heterocycles. The van der Waals surface area contributed by atoms with E-state index in [0.29, 0.717) is 6.42 Å². The Hall–Kier alpha value is -0.610. The fraction of sp³-hybridized carbons (Fsp3) is 0.833. The Labute approximate surface area is 59.1 Å². The van der Waals surface area contributed by atoms with Gasteiger partial charge in [-0.2, -0.15) is 5.48 Å². The molecule has 1 rings (SSSR count). The summed E-state index contributed by atoms with van der Waals surface area (Å²) in [6.07, 6.45) is 0.802. The van der Waals surface area contributed by atoms with Crippen LogP contribution in [-0.2, 0) is 9.63 Å². The van der Waals surface area contributed by atoms with E-state index in [4.69, 9.17) is 9.94 Å². The first-order valence-electron chi connectivity index (χ1n) is 3.34. The number of rotatable bonds is 1. The lowest BCUT2D eigenvalue weighted by Gasteiger charge is -2.24. The van der Waals surface area contributed by atoms with E-state index >= 15 is 0 Å². The van der Waals surface area contributed by atoms with Gasteiger partial charge in [0.05, 0.1) is 0 Å². The molecule has 1 saturated heterocycles. The highest BCUT2D eigenvalue weighted by molar-refractivity contribution is 5.72. The van der Waals surface area contributed by atoms with Crippen molar-refractivity contribution in [1.82, 2.24) is 5.48 Å². The molecule has 0 amide bonds. The second-order valence-corrected chi connectivity index (χ2v) is 2.54. The molecule has 2 atom stereocenters. The fourth-order valence-corrected chi connectivity index (χ4v) is 0.891.